The number of aromatic nitrogens is 1. The molecule has 0 aliphatic rings. The molecule has 98 valence electrons. The van der Waals surface area contributed by atoms with Gasteiger partial charge in [0.15, 0.2) is 0 Å². The Hall–Kier alpha value is -2.63. The van der Waals surface area contributed by atoms with Crippen LogP contribution in [-0.4, -0.2) is 22.0 Å². The van der Waals surface area contributed by atoms with Gasteiger partial charge in [0.05, 0.1) is 35.8 Å². The Balaban J connectivity index is 2.06. The van der Waals surface area contributed by atoms with Crippen LogP contribution in [0.15, 0.2) is 35.1 Å². The Morgan fingerprint density at radius 3 is 2.68 bits per heavy atom. The van der Waals surface area contributed by atoms with E-state index in [1.807, 2.05) is 0 Å². The van der Waals surface area contributed by atoms with Crippen LogP contribution in [0.5, 0.6) is 0 Å². The zero-order valence-electron chi connectivity index (χ0n) is 10.2. The van der Waals surface area contributed by atoms with Gasteiger partial charge < -0.3 is 14.8 Å². The van der Waals surface area contributed by atoms with E-state index in [1.165, 1.54) is 12.5 Å². The molecule has 0 atom stereocenters. The number of carbonyl (C=O) groups excluding carboxylic acids is 1. The van der Waals surface area contributed by atoms with Gasteiger partial charge in [0.1, 0.15) is 5.76 Å². The Bertz CT molecular complexity index is 601. The monoisotopic (exact) mass is 260 g/mol. The van der Waals surface area contributed by atoms with Gasteiger partial charge in [-0.3, -0.25) is 14.6 Å². The Morgan fingerprint density at radius 1 is 1.37 bits per heavy atom. The molecule has 0 spiro atoms. The van der Waals surface area contributed by atoms with E-state index < -0.39 is 5.97 Å². The molecule has 2 rings (SSSR count). The van der Waals surface area contributed by atoms with E-state index in [4.69, 9.17) is 9.52 Å². The molecule has 0 bridgehead atoms. The first kappa shape index (κ1) is 12.8. The van der Waals surface area contributed by atoms with Crippen molar-refractivity contribution < 1.29 is 19.1 Å². The number of hydrogen-bond acceptors (Lipinski definition) is 4. The van der Waals surface area contributed by atoms with Crippen LogP contribution in [0.4, 0.5) is 5.69 Å². The molecular formula is C13H12N2O4. The molecule has 1 amide bonds. The first-order valence-electron chi connectivity index (χ1n) is 5.58. The van der Waals surface area contributed by atoms with Crippen molar-refractivity contribution in [1.82, 2.24) is 4.98 Å². The van der Waals surface area contributed by atoms with Crippen LogP contribution >= 0.6 is 0 Å². The Morgan fingerprint density at radius 2 is 2.16 bits per heavy atom. The molecule has 2 aromatic heterocycles. The summed E-state index contributed by atoms with van der Waals surface area (Å²) in [6.45, 7) is 1.70. The molecule has 2 N–H and O–H groups in total. The van der Waals surface area contributed by atoms with Gasteiger partial charge in [-0.1, -0.05) is 0 Å². The molecule has 0 aliphatic heterocycles. The number of amides is 1. The fourth-order valence-corrected chi connectivity index (χ4v) is 1.58. The second kappa shape index (κ2) is 5.34. The molecule has 6 nitrogen and oxygen atoms in total. The minimum Gasteiger partial charge on any atom is -0.481 e. The van der Waals surface area contributed by atoms with Crippen LogP contribution in [0, 0.1) is 6.92 Å². The summed E-state index contributed by atoms with van der Waals surface area (Å²) in [5.41, 5.74) is 1.39. The van der Waals surface area contributed by atoms with E-state index in [9.17, 15) is 9.59 Å². The van der Waals surface area contributed by atoms with Gasteiger partial charge in [0.25, 0.3) is 5.91 Å². The summed E-state index contributed by atoms with van der Waals surface area (Å²) in [5, 5.41) is 11.3. The van der Waals surface area contributed by atoms with Gasteiger partial charge in [-0.15, -0.1) is 0 Å². The summed E-state index contributed by atoms with van der Waals surface area (Å²) >= 11 is 0. The summed E-state index contributed by atoms with van der Waals surface area (Å²) < 4.78 is 5.04. The first-order chi connectivity index (χ1) is 9.06. The summed E-state index contributed by atoms with van der Waals surface area (Å²) in [7, 11) is 0. The van der Waals surface area contributed by atoms with Gasteiger partial charge in [-0.2, -0.15) is 0 Å². The minimum atomic E-state index is -0.946. The summed E-state index contributed by atoms with van der Waals surface area (Å²) in [5.74, 6) is -0.703. The van der Waals surface area contributed by atoms with Crippen molar-refractivity contribution in [2.45, 2.75) is 13.3 Å². The van der Waals surface area contributed by atoms with E-state index >= 15 is 0 Å². The number of carboxylic acid groups (broad SMARTS) is 1. The summed E-state index contributed by atoms with van der Waals surface area (Å²) in [6.07, 6.45) is 2.72. The number of aryl methyl sites for hydroxylation is 1. The van der Waals surface area contributed by atoms with Gasteiger partial charge in [0.2, 0.25) is 0 Å². The van der Waals surface area contributed by atoms with Crippen molar-refractivity contribution in [2.24, 2.45) is 0 Å². The van der Waals surface area contributed by atoms with Crippen LogP contribution in [0.3, 0.4) is 0 Å². The highest BCUT2D eigenvalue weighted by Crippen LogP contribution is 2.13. The summed E-state index contributed by atoms with van der Waals surface area (Å²) in [6, 6.07) is 4.75. The molecule has 6 heteroatoms. The van der Waals surface area contributed by atoms with Gasteiger partial charge in [-0.25, -0.2) is 0 Å². The lowest BCUT2D eigenvalue weighted by molar-refractivity contribution is -0.136. The number of pyridine rings is 1. The number of carboxylic acids is 1. The molecule has 0 saturated carbocycles. The molecule has 0 radical (unpaired) electrons. The van der Waals surface area contributed by atoms with Crippen LogP contribution in [-0.2, 0) is 11.2 Å². The van der Waals surface area contributed by atoms with Gasteiger partial charge in [0, 0.05) is 0 Å². The predicted octanol–water partition coefficient (Wildman–Crippen LogP) is 1.86. The molecule has 2 aromatic rings. The smallest absolute Gasteiger partial charge is 0.309 e. The Kier molecular flexibility index (Phi) is 3.61. The highest BCUT2D eigenvalue weighted by molar-refractivity contribution is 6.04. The minimum absolute atomic E-state index is 0.144. The quantitative estimate of drug-likeness (QED) is 0.875. The largest absolute Gasteiger partial charge is 0.481 e. The first-order valence-corrected chi connectivity index (χ1v) is 5.58. The number of rotatable bonds is 4. The molecule has 0 saturated heterocycles. The number of nitrogens with zero attached hydrogens (tertiary/aromatic N) is 1. The topological polar surface area (TPSA) is 92.4 Å². The average Bonchev–Trinajstić information content (AvgIpc) is 2.77. The maximum Gasteiger partial charge on any atom is 0.309 e. The highest BCUT2D eigenvalue weighted by atomic mass is 16.4. The summed E-state index contributed by atoms with van der Waals surface area (Å²) in [4.78, 5) is 26.3. The fraction of sp³-hybridized carbons (Fsp3) is 0.154. The van der Waals surface area contributed by atoms with Crippen molar-refractivity contribution in [1.29, 1.82) is 0 Å². The number of furan rings is 1. The number of hydrogen-bond donors (Lipinski definition) is 2. The van der Waals surface area contributed by atoms with Crippen LogP contribution in [0.2, 0.25) is 0 Å². The van der Waals surface area contributed by atoms with E-state index in [0.717, 1.165) is 0 Å². The van der Waals surface area contributed by atoms with E-state index in [1.54, 1.807) is 25.1 Å². The number of carbonyl (C=O) groups is 2. The lowest BCUT2D eigenvalue weighted by Crippen LogP contribution is -2.12. The molecule has 0 fully saturated rings. The number of nitrogens with one attached hydrogen (secondary N) is 1. The number of aliphatic carboxylic acids is 1. The standard InChI is InChI=1S/C13H12N2O4/c1-8-11(4-5-19-8)13(18)15-10-3-2-9(14-7-10)6-12(16)17/h2-5,7H,6H2,1H3,(H,15,18)(H,16,17). The molecule has 0 aromatic carbocycles. The molecule has 0 unspecified atom stereocenters. The van der Waals surface area contributed by atoms with Crippen molar-refractivity contribution in [3.8, 4) is 0 Å². The normalized spacial score (nSPS) is 10.2. The Labute approximate surface area is 109 Å². The number of anilines is 1. The average molecular weight is 260 g/mol. The predicted molar refractivity (Wildman–Crippen MR) is 67.0 cm³/mol. The SMILES string of the molecule is Cc1occc1C(=O)Nc1ccc(CC(=O)O)nc1. The van der Waals surface area contributed by atoms with Gasteiger partial charge in [-0.05, 0) is 25.1 Å². The second-order valence-electron chi connectivity index (χ2n) is 3.95. The molecular weight excluding hydrogens is 248 g/mol. The fourth-order valence-electron chi connectivity index (χ4n) is 1.58. The lowest BCUT2D eigenvalue weighted by Gasteiger charge is -2.04. The zero-order valence-corrected chi connectivity index (χ0v) is 10.2. The van der Waals surface area contributed by atoms with Crippen LogP contribution < -0.4 is 5.32 Å². The lowest BCUT2D eigenvalue weighted by atomic mass is 10.2. The zero-order chi connectivity index (χ0) is 13.8. The van der Waals surface area contributed by atoms with Crippen molar-refractivity contribution in [3.63, 3.8) is 0 Å². The van der Waals surface area contributed by atoms with E-state index in [-0.39, 0.29) is 12.3 Å². The van der Waals surface area contributed by atoms with Crippen molar-refractivity contribution in [2.75, 3.05) is 5.32 Å². The maximum absolute atomic E-state index is 11.9. The van der Waals surface area contributed by atoms with E-state index in [2.05, 4.69) is 10.3 Å². The van der Waals surface area contributed by atoms with Crippen LogP contribution in [0.25, 0.3) is 0 Å². The highest BCUT2D eigenvalue weighted by Gasteiger charge is 2.11. The third kappa shape index (κ3) is 3.19. The molecule has 2 heterocycles. The molecule has 0 aliphatic carbocycles. The van der Waals surface area contributed by atoms with Crippen LogP contribution in [0.1, 0.15) is 21.8 Å². The van der Waals surface area contributed by atoms with E-state index in [0.29, 0.717) is 22.7 Å². The molecule has 19 heavy (non-hydrogen) atoms. The van der Waals surface area contributed by atoms with Crippen molar-refractivity contribution >= 4 is 17.6 Å². The van der Waals surface area contributed by atoms with Crippen molar-refractivity contribution in [3.05, 3.63) is 47.7 Å². The third-order valence-electron chi connectivity index (χ3n) is 2.52. The third-order valence-corrected chi connectivity index (χ3v) is 2.52. The maximum atomic E-state index is 11.9. The second-order valence-corrected chi connectivity index (χ2v) is 3.95. The van der Waals surface area contributed by atoms with Gasteiger partial charge >= 0.3 is 5.97 Å².